The minimum atomic E-state index is -4.08. The van der Waals surface area contributed by atoms with Crippen molar-refractivity contribution in [2.24, 2.45) is 11.3 Å². The Balaban J connectivity index is 2.51. The predicted molar refractivity (Wildman–Crippen MR) is 63.9 cm³/mol. The zero-order valence-electron chi connectivity index (χ0n) is 11.1. The number of hydrogen-bond donors (Lipinski definition) is 0. The highest BCUT2D eigenvalue weighted by Gasteiger charge is 2.36. The van der Waals surface area contributed by atoms with Crippen molar-refractivity contribution in [1.29, 1.82) is 0 Å². The molecule has 1 aliphatic carbocycles. The van der Waals surface area contributed by atoms with Crippen LogP contribution in [0.4, 0.5) is 13.2 Å². The Morgan fingerprint density at radius 3 is 2.18 bits per heavy atom. The quantitative estimate of drug-likeness (QED) is 0.727. The van der Waals surface area contributed by atoms with E-state index in [9.17, 15) is 13.2 Å². The monoisotopic (exact) mass is 251 g/mol. The number of alkyl halides is 3. The first-order valence-electron chi connectivity index (χ1n) is 6.52. The molecular formula is C13H24F3N. The van der Waals surface area contributed by atoms with E-state index in [4.69, 9.17) is 0 Å². The normalized spacial score (nSPS) is 30.9. The molecule has 0 spiro atoms. The summed E-state index contributed by atoms with van der Waals surface area (Å²) in [6.45, 7) is 4.14. The molecule has 1 saturated carbocycles. The maximum atomic E-state index is 12.3. The van der Waals surface area contributed by atoms with Gasteiger partial charge in [0.15, 0.2) is 0 Å². The van der Waals surface area contributed by atoms with Gasteiger partial charge in [-0.15, -0.1) is 0 Å². The first-order valence-corrected chi connectivity index (χ1v) is 6.52. The van der Waals surface area contributed by atoms with Crippen LogP contribution in [0.1, 0.15) is 46.0 Å². The van der Waals surface area contributed by atoms with Gasteiger partial charge in [-0.1, -0.05) is 26.7 Å². The van der Waals surface area contributed by atoms with Crippen molar-refractivity contribution in [3.8, 4) is 0 Å². The summed E-state index contributed by atoms with van der Waals surface area (Å²) in [6.07, 6.45) is 1.38. The van der Waals surface area contributed by atoms with Gasteiger partial charge in [0.2, 0.25) is 0 Å². The number of nitrogens with zero attached hydrogens (tertiary/aromatic N) is 1. The molecule has 1 fully saturated rings. The molecule has 0 radical (unpaired) electrons. The molecule has 0 heterocycles. The molecule has 17 heavy (non-hydrogen) atoms. The van der Waals surface area contributed by atoms with E-state index in [1.54, 1.807) is 7.05 Å². The molecule has 0 N–H and O–H groups in total. The van der Waals surface area contributed by atoms with Gasteiger partial charge in [-0.25, -0.2) is 0 Å². The number of hydrogen-bond acceptors (Lipinski definition) is 1. The molecule has 4 heteroatoms. The topological polar surface area (TPSA) is 3.24 Å². The fourth-order valence-electron chi connectivity index (χ4n) is 2.93. The lowest BCUT2D eigenvalue weighted by molar-refractivity contribution is -0.146. The van der Waals surface area contributed by atoms with E-state index in [1.165, 1.54) is 4.90 Å². The van der Waals surface area contributed by atoms with E-state index in [0.717, 1.165) is 38.0 Å². The van der Waals surface area contributed by atoms with Crippen LogP contribution in [-0.4, -0.2) is 31.2 Å². The van der Waals surface area contributed by atoms with Crippen LogP contribution >= 0.6 is 0 Å². The van der Waals surface area contributed by atoms with Crippen LogP contribution in [0, 0.1) is 11.3 Å². The van der Waals surface area contributed by atoms with Crippen LogP contribution < -0.4 is 0 Å². The molecule has 1 aliphatic rings. The molecule has 0 saturated heterocycles. The highest BCUT2D eigenvalue weighted by molar-refractivity contribution is 4.86. The Hall–Kier alpha value is -0.250. The van der Waals surface area contributed by atoms with Gasteiger partial charge in [0.25, 0.3) is 0 Å². The molecular weight excluding hydrogens is 227 g/mol. The van der Waals surface area contributed by atoms with Gasteiger partial charge in [-0.3, -0.25) is 4.90 Å². The third kappa shape index (κ3) is 4.86. The van der Waals surface area contributed by atoms with Gasteiger partial charge in [0, 0.05) is 6.54 Å². The van der Waals surface area contributed by atoms with Gasteiger partial charge in [-0.05, 0) is 37.6 Å². The molecule has 0 aromatic heterocycles. The molecule has 0 aromatic rings. The lowest BCUT2D eigenvalue weighted by Gasteiger charge is -2.41. The lowest BCUT2D eigenvalue weighted by atomic mass is 9.69. The summed E-state index contributed by atoms with van der Waals surface area (Å²) in [4.78, 5) is 1.44. The molecule has 0 unspecified atom stereocenters. The lowest BCUT2D eigenvalue weighted by Crippen LogP contribution is -2.41. The molecule has 0 amide bonds. The van der Waals surface area contributed by atoms with Gasteiger partial charge >= 0.3 is 6.18 Å². The van der Waals surface area contributed by atoms with Gasteiger partial charge in [0.05, 0.1) is 6.54 Å². The Labute approximate surface area is 102 Å². The fourth-order valence-corrected chi connectivity index (χ4v) is 2.93. The Morgan fingerprint density at radius 1 is 1.24 bits per heavy atom. The molecule has 1 nitrogen and oxygen atoms in total. The SMILES string of the molecule is CCC1(CN(C)CC(F)(F)F)CCC(C)CC1. The third-order valence-corrected chi connectivity index (χ3v) is 4.14. The summed E-state index contributed by atoms with van der Waals surface area (Å²) in [5.41, 5.74) is 0.118. The maximum absolute atomic E-state index is 12.3. The van der Waals surface area contributed by atoms with Crippen molar-refractivity contribution < 1.29 is 13.2 Å². The van der Waals surface area contributed by atoms with Crippen LogP contribution in [0.3, 0.4) is 0 Å². The third-order valence-electron chi connectivity index (χ3n) is 4.14. The average molecular weight is 251 g/mol. The molecule has 102 valence electrons. The van der Waals surface area contributed by atoms with Crippen molar-refractivity contribution in [2.45, 2.75) is 52.1 Å². The summed E-state index contributed by atoms with van der Waals surface area (Å²) in [7, 11) is 1.59. The van der Waals surface area contributed by atoms with Crippen molar-refractivity contribution >= 4 is 0 Å². The summed E-state index contributed by atoms with van der Waals surface area (Å²) in [5, 5.41) is 0. The van der Waals surface area contributed by atoms with Crippen LogP contribution in [0.25, 0.3) is 0 Å². The zero-order valence-corrected chi connectivity index (χ0v) is 11.1. The van der Waals surface area contributed by atoms with Crippen molar-refractivity contribution in [3.05, 3.63) is 0 Å². The molecule has 0 aliphatic heterocycles. The van der Waals surface area contributed by atoms with E-state index >= 15 is 0 Å². The smallest absolute Gasteiger partial charge is 0.298 e. The average Bonchev–Trinajstić information content (AvgIpc) is 2.19. The van der Waals surface area contributed by atoms with Crippen LogP contribution in [0.2, 0.25) is 0 Å². The highest BCUT2D eigenvalue weighted by atomic mass is 19.4. The molecule has 0 atom stereocenters. The molecule has 1 rings (SSSR count). The second-order valence-electron chi connectivity index (χ2n) is 5.82. The standard InChI is InChI=1S/C13H24F3N/c1-4-12(7-5-11(2)6-8-12)9-17(3)10-13(14,15)16/h11H,4-10H2,1-3H3. The highest BCUT2D eigenvalue weighted by Crippen LogP contribution is 2.42. The predicted octanol–water partition coefficient (Wildman–Crippen LogP) is 4.09. The van der Waals surface area contributed by atoms with Crippen molar-refractivity contribution in [1.82, 2.24) is 4.90 Å². The Morgan fingerprint density at radius 2 is 1.76 bits per heavy atom. The first-order chi connectivity index (χ1) is 7.76. The first kappa shape index (κ1) is 14.8. The van der Waals surface area contributed by atoms with Gasteiger partial charge in [0.1, 0.15) is 0 Å². The zero-order chi connectivity index (χ0) is 13.1. The van der Waals surface area contributed by atoms with E-state index in [0.29, 0.717) is 6.54 Å². The second kappa shape index (κ2) is 5.59. The summed E-state index contributed by atoms with van der Waals surface area (Å²) in [5.74, 6) is 0.739. The Bertz CT molecular complexity index is 229. The van der Waals surface area contributed by atoms with Crippen molar-refractivity contribution in [2.75, 3.05) is 20.1 Å². The molecule has 0 bridgehead atoms. The summed E-state index contributed by atoms with van der Waals surface area (Å²) >= 11 is 0. The Kier molecular flexibility index (Phi) is 4.87. The van der Waals surface area contributed by atoms with E-state index < -0.39 is 12.7 Å². The minimum Gasteiger partial charge on any atom is -0.298 e. The van der Waals surface area contributed by atoms with Crippen LogP contribution in [0.15, 0.2) is 0 Å². The second-order valence-corrected chi connectivity index (χ2v) is 5.82. The van der Waals surface area contributed by atoms with Crippen LogP contribution in [0.5, 0.6) is 0 Å². The fraction of sp³-hybridized carbons (Fsp3) is 1.00. The van der Waals surface area contributed by atoms with E-state index in [1.807, 2.05) is 0 Å². The van der Waals surface area contributed by atoms with Gasteiger partial charge in [-0.2, -0.15) is 13.2 Å². The minimum absolute atomic E-state index is 0.118. The molecule has 0 aromatic carbocycles. The van der Waals surface area contributed by atoms with E-state index in [-0.39, 0.29) is 5.41 Å². The maximum Gasteiger partial charge on any atom is 0.401 e. The summed E-state index contributed by atoms with van der Waals surface area (Å²) < 4.78 is 36.9. The van der Waals surface area contributed by atoms with Gasteiger partial charge < -0.3 is 0 Å². The largest absolute Gasteiger partial charge is 0.401 e. The number of halogens is 3. The summed E-state index contributed by atoms with van der Waals surface area (Å²) in [6, 6.07) is 0. The van der Waals surface area contributed by atoms with E-state index in [2.05, 4.69) is 13.8 Å². The van der Waals surface area contributed by atoms with Crippen molar-refractivity contribution in [3.63, 3.8) is 0 Å². The number of rotatable bonds is 4. The van der Waals surface area contributed by atoms with Crippen LogP contribution in [-0.2, 0) is 0 Å².